The second-order valence-corrected chi connectivity index (χ2v) is 5.45. The Morgan fingerprint density at radius 2 is 2.13 bits per heavy atom. The first-order valence-electron chi connectivity index (χ1n) is 8.25. The van der Waals surface area contributed by atoms with Crippen LogP contribution in [0.4, 0.5) is 0 Å². The molecule has 1 amide bonds. The monoisotopic (exact) mass is 323 g/mol. The molecule has 23 heavy (non-hydrogen) atoms. The third-order valence-electron chi connectivity index (χ3n) is 3.06. The molecule has 0 bridgehead atoms. The van der Waals surface area contributed by atoms with Crippen molar-refractivity contribution >= 4 is 11.9 Å². The summed E-state index contributed by atoms with van der Waals surface area (Å²) >= 11 is 0. The molecule has 0 aromatic carbocycles. The summed E-state index contributed by atoms with van der Waals surface area (Å²) in [6.45, 7) is 10.7. The van der Waals surface area contributed by atoms with E-state index in [4.69, 9.17) is 0 Å². The van der Waals surface area contributed by atoms with E-state index < -0.39 is 0 Å². The average Bonchev–Trinajstić information content (AvgIpc) is 2.94. The Balaban J connectivity index is 2.38. The number of hydrogen-bond acceptors (Lipinski definition) is 4. The Morgan fingerprint density at radius 1 is 1.35 bits per heavy atom. The summed E-state index contributed by atoms with van der Waals surface area (Å²) in [4.78, 5) is 16.0. The third kappa shape index (κ3) is 7.62. The fraction of sp³-hybridized carbons (Fsp3) is 0.733. The van der Waals surface area contributed by atoms with Crippen LogP contribution in [0.1, 0.15) is 39.9 Å². The van der Waals surface area contributed by atoms with Crippen LogP contribution >= 0.6 is 0 Å². The number of guanidine groups is 1. The minimum absolute atomic E-state index is 0.0247. The van der Waals surface area contributed by atoms with Gasteiger partial charge in [-0.15, -0.1) is 10.2 Å². The first kappa shape index (κ1) is 18.9. The summed E-state index contributed by atoms with van der Waals surface area (Å²) in [6.07, 6.45) is 2.99. The van der Waals surface area contributed by atoms with Gasteiger partial charge in [0.1, 0.15) is 12.2 Å². The van der Waals surface area contributed by atoms with Crippen LogP contribution in [-0.2, 0) is 17.8 Å². The molecule has 0 radical (unpaired) electrons. The predicted octanol–water partition coefficient (Wildman–Crippen LogP) is 0.310. The van der Waals surface area contributed by atoms with Crippen molar-refractivity contribution in [1.29, 1.82) is 0 Å². The molecule has 1 aromatic rings. The van der Waals surface area contributed by atoms with Crippen molar-refractivity contribution in [2.24, 2.45) is 4.99 Å². The Hall–Kier alpha value is -2.12. The van der Waals surface area contributed by atoms with Crippen molar-refractivity contribution in [3.63, 3.8) is 0 Å². The second-order valence-electron chi connectivity index (χ2n) is 5.45. The van der Waals surface area contributed by atoms with E-state index in [9.17, 15) is 4.79 Å². The number of carbonyl (C=O) groups excluding carboxylic acids is 1. The number of nitrogens with zero attached hydrogens (tertiary/aromatic N) is 4. The molecular weight excluding hydrogens is 294 g/mol. The fourth-order valence-corrected chi connectivity index (χ4v) is 2.04. The molecule has 8 nitrogen and oxygen atoms in total. The smallest absolute Gasteiger partial charge is 0.222 e. The lowest BCUT2D eigenvalue weighted by Crippen LogP contribution is -2.39. The Morgan fingerprint density at radius 3 is 2.78 bits per heavy atom. The van der Waals surface area contributed by atoms with Crippen LogP contribution in [0.25, 0.3) is 0 Å². The van der Waals surface area contributed by atoms with Gasteiger partial charge in [0, 0.05) is 38.5 Å². The minimum atomic E-state index is 0.0247. The van der Waals surface area contributed by atoms with E-state index >= 15 is 0 Å². The lowest BCUT2D eigenvalue weighted by atomic mass is 10.3. The molecule has 1 heterocycles. The normalized spacial score (nSPS) is 11.6. The number of amides is 1. The van der Waals surface area contributed by atoms with Gasteiger partial charge in [-0.3, -0.25) is 9.79 Å². The maximum atomic E-state index is 11.6. The summed E-state index contributed by atoms with van der Waals surface area (Å²) in [7, 11) is 0. The Bertz CT molecular complexity index is 496. The summed E-state index contributed by atoms with van der Waals surface area (Å²) < 4.78 is 2.02. The van der Waals surface area contributed by atoms with Gasteiger partial charge in [-0.25, -0.2) is 0 Å². The molecule has 130 valence electrons. The number of aryl methyl sites for hydroxylation is 1. The molecule has 0 fully saturated rings. The summed E-state index contributed by atoms with van der Waals surface area (Å²) in [6, 6.07) is 0.161. The van der Waals surface area contributed by atoms with Crippen LogP contribution in [0.2, 0.25) is 0 Å². The van der Waals surface area contributed by atoms with Crippen molar-refractivity contribution < 1.29 is 4.79 Å². The molecule has 1 aromatic heterocycles. The van der Waals surface area contributed by atoms with Crippen LogP contribution in [0.3, 0.4) is 0 Å². The summed E-state index contributed by atoms with van der Waals surface area (Å²) in [5.41, 5.74) is 0. The van der Waals surface area contributed by atoms with Crippen LogP contribution in [-0.4, -0.2) is 52.3 Å². The highest BCUT2D eigenvalue weighted by atomic mass is 16.1. The van der Waals surface area contributed by atoms with E-state index in [2.05, 4.69) is 38.1 Å². The van der Waals surface area contributed by atoms with Crippen LogP contribution in [0, 0.1) is 0 Å². The second kappa shape index (κ2) is 10.6. The Kier molecular flexibility index (Phi) is 8.71. The molecule has 0 saturated carbocycles. The molecule has 8 heteroatoms. The van der Waals surface area contributed by atoms with Crippen molar-refractivity contribution in [3.05, 3.63) is 12.2 Å². The largest absolute Gasteiger partial charge is 0.357 e. The number of aliphatic imine (C=N–C) groups is 1. The first-order valence-corrected chi connectivity index (χ1v) is 8.25. The molecule has 3 N–H and O–H groups in total. The molecule has 1 rings (SSSR count). The summed E-state index contributed by atoms with van der Waals surface area (Å²) in [5, 5.41) is 17.3. The zero-order chi connectivity index (χ0) is 17.1. The van der Waals surface area contributed by atoms with Gasteiger partial charge < -0.3 is 20.5 Å². The van der Waals surface area contributed by atoms with Gasteiger partial charge in [0.25, 0.3) is 0 Å². The highest BCUT2D eigenvalue weighted by molar-refractivity contribution is 5.80. The van der Waals surface area contributed by atoms with Gasteiger partial charge in [-0.05, 0) is 20.8 Å². The van der Waals surface area contributed by atoms with Gasteiger partial charge in [0.2, 0.25) is 5.91 Å². The van der Waals surface area contributed by atoms with Crippen LogP contribution in [0.5, 0.6) is 0 Å². The topological polar surface area (TPSA) is 96.2 Å². The standard InChI is InChI=1S/C15H29N7O/c1-5-13-21-19-11-22(13)10-9-18-15(16-6-2)17-8-7-14(23)20-12(3)4/h11-12H,5-10H2,1-4H3,(H,20,23)(H2,16,17,18). The molecule has 0 aliphatic carbocycles. The van der Waals surface area contributed by atoms with Gasteiger partial charge >= 0.3 is 0 Å². The Labute approximate surface area is 138 Å². The lowest BCUT2D eigenvalue weighted by Gasteiger charge is -2.12. The van der Waals surface area contributed by atoms with E-state index in [1.54, 1.807) is 6.33 Å². The average molecular weight is 323 g/mol. The van der Waals surface area contributed by atoms with E-state index in [-0.39, 0.29) is 11.9 Å². The van der Waals surface area contributed by atoms with E-state index in [1.165, 1.54) is 0 Å². The van der Waals surface area contributed by atoms with Gasteiger partial charge in [0.05, 0.1) is 6.54 Å². The maximum absolute atomic E-state index is 11.6. The predicted molar refractivity (Wildman–Crippen MR) is 91.3 cm³/mol. The SMILES string of the molecule is CCNC(=NCCC(=O)NC(C)C)NCCn1cnnc1CC. The molecule has 0 spiro atoms. The highest BCUT2D eigenvalue weighted by Crippen LogP contribution is 1.94. The number of carbonyl (C=O) groups is 1. The third-order valence-corrected chi connectivity index (χ3v) is 3.06. The minimum Gasteiger partial charge on any atom is -0.357 e. The zero-order valence-electron chi connectivity index (χ0n) is 14.6. The van der Waals surface area contributed by atoms with Crippen LogP contribution < -0.4 is 16.0 Å². The van der Waals surface area contributed by atoms with Crippen molar-refractivity contribution in [3.8, 4) is 0 Å². The van der Waals surface area contributed by atoms with Crippen LogP contribution in [0.15, 0.2) is 11.3 Å². The molecule has 0 atom stereocenters. The fourth-order valence-electron chi connectivity index (χ4n) is 2.04. The molecule has 0 aliphatic heterocycles. The number of aromatic nitrogens is 3. The summed E-state index contributed by atoms with van der Waals surface area (Å²) in [5.74, 6) is 1.71. The van der Waals surface area contributed by atoms with Gasteiger partial charge in [-0.2, -0.15) is 0 Å². The molecule has 0 unspecified atom stereocenters. The van der Waals surface area contributed by atoms with E-state index in [1.807, 2.05) is 25.3 Å². The first-order chi connectivity index (χ1) is 11.1. The molecule has 0 saturated heterocycles. The van der Waals surface area contributed by atoms with Crippen molar-refractivity contribution in [1.82, 2.24) is 30.7 Å². The van der Waals surface area contributed by atoms with E-state index in [0.717, 1.165) is 37.8 Å². The van der Waals surface area contributed by atoms with Gasteiger partial charge in [0.15, 0.2) is 5.96 Å². The molecular formula is C15H29N7O. The van der Waals surface area contributed by atoms with Crippen molar-refractivity contribution in [2.45, 2.75) is 53.1 Å². The van der Waals surface area contributed by atoms with E-state index in [0.29, 0.717) is 13.0 Å². The molecule has 0 aliphatic rings. The zero-order valence-corrected chi connectivity index (χ0v) is 14.6. The van der Waals surface area contributed by atoms with Gasteiger partial charge in [-0.1, -0.05) is 6.92 Å². The number of nitrogens with one attached hydrogen (secondary N) is 3. The lowest BCUT2D eigenvalue weighted by molar-refractivity contribution is -0.121. The number of hydrogen-bond donors (Lipinski definition) is 3. The van der Waals surface area contributed by atoms with Crippen molar-refractivity contribution in [2.75, 3.05) is 19.6 Å². The highest BCUT2D eigenvalue weighted by Gasteiger charge is 2.04. The number of rotatable bonds is 9. The maximum Gasteiger partial charge on any atom is 0.222 e. The quantitative estimate of drug-likeness (QED) is 0.449.